The van der Waals surface area contributed by atoms with Gasteiger partial charge in [0.25, 0.3) is 5.91 Å². The summed E-state index contributed by atoms with van der Waals surface area (Å²) in [6, 6.07) is 4.52. The fourth-order valence-electron chi connectivity index (χ4n) is 6.85. The number of hydrogen-bond donors (Lipinski definition) is 2. The highest BCUT2D eigenvalue weighted by Gasteiger charge is 2.55. The number of rotatable bonds is 5. The van der Waals surface area contributed by atoms with Crippen LogP contribution >= 0.6 is 0 Å². The first kappa shape index (κ1) is 29.1. The standard InChI is InChI=1S/C30H40N2O6S/c1-19-8-13-25-21(6-5-7-23(33)18-19)16-17-30(3)26(25)14-15-27(30)38-29(35)20(2)32(4)28(34)22-9-11-24(12-10-22)39(31,36)37/h5,7,9-12,18,20-21,25-27,33H,1,6,8,13-17H2,2-4H3,(H2,31,36,37)/b7-5-,23-18+/t20-,21?,25?,26?,27-,30-/m0/s1. The van der Waals surface area contributed by atoms with Gasteiger partial charge >= 0.3 is 5.97 Å². The maximum atomic E-state index is 13.3. The lowest BCUT2D eigenvalue weighted by molar-refractivity contribution is -0.162. The maximum absolute atomic E-state index is 13.3. The summed E-state index contributed by atoms with van der Waals surface area (Å²) in [5.74, 6) is 0.847. The number of aliphatic hydroxyl groups excluding tert-OH is 1. The Balaban J connectivity index is 1.42. The van der Waals surface area contributed by atoms with Crippen molar-refractivity contribution in [2.45, 2.75) is 75.8 Å². The van der Waals surface area contributed by atoms with Gasteiger partial charge in [-0.2, -0.15) is 0 Å². The van der Waals surface area contributed by atoms with E-state index in [1.807, 2.05) is 0 Å². The highest BCUT2D eigenvalue weighted by atomic mass is 32.2. The van der Waals surface area contributed by atoms with Gasteiger partial charge in [-0.15, -0.1) is 0 Å². The minimum absolute atomic E-state index is 0.0849. The van der Waals surface area contributed by atoms with E-state index in [1.54, 1.807) is 26.1 Å². The molecule has 4 rings (SSSR count). The summed E-state index contributed by atoms with van der Waals surface area (Å²) in [4.78, 5) is 27.5. The molecule has 39 heavy (non-hydrogen) atoms. The molecule has 0 bridgehead atoms. The molecule has 3 aliphatic carbocycles. The first-order chi connectivity index (χ1) is 18.3. The van der Waals surface area contributed by atoms with Crippen LogP contribution in [0.15, 0.2) is 65.3 Å². The van der Waals surface area contributed by atoms with Crippen LogP contribution in [0.1, 0.15) is 69.2 Å². The summed E-state index contributed by atoms with van der Waals surface area (Å²) in [6.45, 7) is 8.01. The average Bonchev–Trinajstić information content (AvgIpc) is 3.21. The topological polar surface area (TPSA) is 127 Å². The van der Waals surface area contributed by atoms with Crippen LogP contribution in [-0.2, 0) is 19.6 Å². The number of nitrogens with two attached hydrogens (primary N) is 1. The van der Waals surface area contributed by atoms with Crippen LogP contribution in [0, 0.1) is 23.2 Å². The molecule has 0 radical (unpaired) electrons. The first-order valence-corrected chi connectivity index (χ1v) is 15.2. The highest BCUT2D eigenvalue weighted by Crippen LogP contribution is 2.59. The van der Waals surface area contributed by atoms with Crippen molar-refractivity contribution in [1.29, 1.82) is 0 Å². The third kappa shape index (κ3) is 6.14. The van der Waals surface area contributed by atoms with E-state index in [9.17, 15) is 23.1 Å². The van der Waals surface area contributed by atoms with Crippen molar-refractivity contribution in [3.8, 4) is 0 Å². The van der Waals surface area contributed by atoms with Crippen LogP contribution in [0.4, 0.5) is 0 Å². The molecule has 0 heterocycles. The SMILES string of the molecule is C=C1/C=C(O)\C=C/CC2CC[C@@]3(C)C(CC[C@@H]3OC(=O)[C@H](C)N(C)C(=O)c3ccc(S(N)(=O)=O)cc3)C2CC1. The molecule has 212 valence electrons. The Kier molecular flexibility index (Phi) is 8.42. The van der Waals surface area contributed by atoms with E-state index in [1.165, 1.54) is 29.2 Å². The normalized spacial score (nSPS) is 32.1. The number of amides is 1. The molecule has 1 aromatic carbocycles. The Bertz CT molecular complexity index is 1280. The molecule has 3 unspecified atom stereocenters. The second kappa shape index (κ2) is 11.3. The van der Waals surface area contributed by atoms with Gasteiger partial charge in [-0.1, -0.05) is 25.2 Å². The van der Waals surface area contributed by atoms with Crippen molar-refractivity contribution in [2.75, 3.05) is 7.05 Å². The van der Waals surface area contributed by atoms with E-state index < -0.39 is 27.9 Å². The van der Waals surface area contributed by atoms with Gasteiger partial charge in [0.05, 0.1) is 4.90 Å². The average molecular weight is 557 g/mol. The maximum Gasteiger partial charge on any atom is 0.328 e. The van der Waals surface area contributed by atoms with Crippen molar-refractivity contribution >= 4 is 21.9 Å². The summed E-state index contributed by atoms with van der Waals surface area (Å²) < 4.78 is 29.1. The van der Waals surface area contributed by atoms with Gasteiger partial charge in [0.1, 0.15) is 17.9 Å². The van der Waals surface area contributed by atoms with Gasteiger partial charge in [-0.05, 0) is 106 Å². The largest absolute Gasteiger partial charge is 0.508 e. The smallest absolute Gasteiger partial charge is 0.328 e. The zero-order valence-electron chi connectivity index (χ0n) is 23.0. The Hall–Kier alpha value is -2.91. The fourth-order valence-corrected chi connectivity index (χ4v) is 7.36. The zero-order chi connectivity index (χ0) is 28.5. The van der Waals surface area contributed by atoms with E-state index in [-0.39, 0.29) is 27.7 Å². The Labute approximate surface area is 231 Å². The molecule has 2 saturated carbocycles. The summed E-state index contributed by atoms with van der Waals surface area (Å²) in [5, 5.41) is 15.2. The second-order valence-electron chi connectivity index (χ2n) is 11.6. The number of fused-ring (bicyclic) bond motifs is 3. The molecule has 6 atom stereocenters. The van der Waals surface area contributed by atoms with E-state index in [2.05, 4.69) is 19.6 Å². The molecular weight excluding hydrogens is 516 g/mol. The second-order valence-corrected chi connectivity index (χ2v) is 13.2. The summed E-state index contributed by atoms with van der Waals surface area (Å²) in [7, 11) is -2.32. The summed E-state index contributed by atoms with van der Waals surface area (Å²) in [6.07, 6.45) is 11.9. The van der Waals surface area contributed by atoms with E-state index in [4.69, 9.17) is 9.88 Å². The number of benzene rings is 1. The number of carbonyl (C=O) groups excluding carboxylic acids is 2. The number of ether oxygens (including phenoxy) is 1. The monoisotopic (exact) mass is 556 g/mol. The molecule has 0 aliphatic heterocycles. The Morgan fingerprint density at radius 3 is 2.54 bits per heavy atom. The van der Waals surface area contributed by atoms with Crippen LogP contribution in [0.2, 0.25) is 0 Å². The number of nitrogens with zero attached hydrogens (tertiary/aromatic N) is 1. The van der Waals surface area contributed by atoms with Crippen LogP contribution in [-0.4, -0.2) is 49.5 Å². The summed E-state index contributed by atoms with van der Waals surface area (Å²) in [5.41, 5.74) is 1.05. The van der Waals surface area contributed by atoms with Gasteiger partial charge < -0.3 is 14.7 Å². The molecule has 3 N–H and O–H groups in total. The number of allylic oxidation sites excluding steroid dienone is 4. The first-order valence-electron chi connectivity index (χ1n) is 13.7. The molecule has 0 saturated heterocycles. The van der Waals surface area contributed by atoms with Gasteiger partial charge in [0.15, 0.2) is 0 Å². The van der Waals surface area contributed by atoms with Crippen molar-refractivity contribution in [1.82, 2.24) is 4.90 Å². The molecule has 1 amide bonds. The van der Waals surface area contributed by atoms with Gasteiger partial charge in [-0.3, -0.25) is 4.79 Å². The minimum Gasteiger partial charge on any atom is -0.508 e. The number of carbonyl (C=O) groups is 2. The lowest BCUT2D eigenvalue weighted by Gasteiger charge is -2.48. The summed E-state index contributed by atoms with van der Waals surface area (Å²) >= 11 is 0. The van der Waals surface area contributed by atoms with E-state index >= 15 is 0 Å². The number of primary sulfonamides is 1. The Morgan fingerprint density at radius 2 is 1.87 bits per heavy atom. The molecule has 8 nitrogen and oxygen atoms in total. The number of sulfonamides is 1. The number of esters is 1. The van der Waals surface area contributed by atoms with Crippen molar-refractivity contribution in [3.05, 3.63) is 66.0 Å². The molecule has 1 aromatic rings. The lowest BCUT2D eigenvalue weighted by atomic mass is 9.58. The molecule has 9 heteroatoms. The quantitative estimate of drug-likeness (QED) is 0.498. The lowest BCUT2D eigenvalue weighted by Crippen LogP contribution is -2.47. The highest BCUT2D eigenvalue weighted by molar-refractivity contribution is 7.89. The van der Waals surface area contributed by atoms with Crippen LogP contribution in [0.5, 0.6) is 0 Å². The number of hydrogen-bond acceptors (Lipinski definition) is 6. The van der Waals surface area contributed by atoms with Gasteiger partial charge in [0.2, 0.25) is 10.0 Å². The fraction of sp³-hybridized carbons (Fsp3) is 0.533. The third-order valence-electron chi connectivity index (χ3n) is 9.31. The van der Waals surface area contributed by atoms with Crippen molar-refractivity contribution < 1.29 is 27.9 Å². The van der Waals surface area contributed by atoms with E-state index in [0.717, 1.165) is 50.5 Å². The number of aliphatic hydroxyl groups is 1. The van der Waals surface area contributed by atoms with E-state index in [0.29, 0.717) is 17.8 Å². The van der Waals surface area contributed by atoms with Crippen LogP contribution < -0.4 is 5.14 Å². The molecule has 0 aromatic heterocycles. The van der Waals surface area contributed by atoms with Gasteiger partial charge in [-0.25, -0.2) is 18.4 Å². The van der Waals surface area contributed by atoms with Crippen molar-refractivity contribution in [3.63, 3.8) is 0 Å². The molecular formula is C30H40N2O6S. The van der Waals surface area contributed by atoms with Gasteiger partial charge in [0, 0.05) is 18.0 Å². The van der Waals surface area contributed by atoms with Crippen LogP contribution in [0.25, 0.3) is 0 Å². The molecule has 3 aliphatic rings. The molecule has 0 spiro atoms. The predicted octanol–water partition coefficient (Wildman–Crippen LogP) is 4.89. The third-order valence-corrected chi connectivity index (χ3v) is 10.2. The predicted molar refractivity (Wildman–Crippen MR) is 149 cm³/mol. The van der Waals surface area contributed by atoms with Crippen molar-refractivity contribution in [2.24, 2.45) is 28.3 Å². The Morgan fingerprint density at radius 1 is 1.18 bits per heavy atom. The zero-order valence-corrected chi connectivity index (χ0v) is 23.8. The minimum atomic E-state index is -3.86. The number of likely N-dealkylation sites (N-methyl/N-ethyl adjacent to an activating group) is 1. The van der Waals surface area contributed by atoms with Crippen LogP contribution in [0.3, 0.4) is 0 Å². The molecule has 2 fully saturated rings.